The van der Waals surface area contributed by atoms with Crippen LogP contribution in [0.2, 0.25) is 0 Å². The van der Waals surface area contributed by atoms with Gasteiger partial charge in [-0.15, -0.1) is 0 Å². The minimum absolute atomic E-state index is 0.233. The average molecular weight is 426 g/mol. The zero-order valence-electron chi connectivity index (χ0n) is 21.0. The van der Waals surface area contributed by atoms with Crippen LogP contribution in [0.1, 0.15) is 143 Å². The standard InChI is InChI=1S/C27H55NO2/c1-4-28(5-2,6-3)26-24-22-20-18-16-14-12-10-8-7-9-11-13-15-17-19-21-23-25-27(29)30/h4-26H2,1-3H3. The molecule has 0 aliphatic carbocycles. The number of rotatable bonds is 24. The smallest absolute Gasteiger partial charge is 0.0786 e. The fraction of sp³-hybridized carbons (Fsp3) is 0.963. The highest BCUT2D eigenvalue weighted by molar-refractivity contribution is 5.63. The summed E-state index contributed by atoms with van der Waals surface area (Å²) in [5.41, 5.74) is 0. The highest BCUT2D eigenvalue weighted by atomic mass is 16.4. The maximum atomic E-state index is 10.3. The van der Waals surface area contributed by atoms with E-state index in [1.54, 1.807) is 0 Å². The molecule has 3 nitrogen and oxygen atoms in total. The Balaban J connectivity index is 3.19. The number of hydrogen-bond donors (Lipinski definition) is 0. The zero-order chi connectivity index (χ0) is 22.3. The van der Waals surface area contributed by atoms with Crippen molar-refractivity contribution in [2.75, 3.05) is 26.2 Å². The number of carboxylic acids is 1. The predicted molar refractivity (Wildman–Crippen MR) is 129 cm³/mol. The first-order valence-electron chi connectivity index (χ1n) is 13.6. The Morgan fingerprint density at radius 2 is 0.767 bits per heavy atom. The van der Waals surface area contributed by atoms with Gasteiger partial charge >= 0.3 is 0 Å². The van der Waals surface area contributed by atoms with Crippen molar-refractivity contribution >= 4 is 5.97 Å². The second kappa shape index (κ2) is 21.7. The van der Waals surface area contributed by atoms with Crippen molar-refractivity contribution in [1.82, 2.24) is 0 Å². The number of carbonyl (C=O) groups excluding carboxylic acids is 1. The van der Waals surface area contributed by atoms with Gasteiger partial charge in [0.1, 0.15) is 0 Å². The third-order valence-electron chi connectivity index (χ3n) is 7.28. The second-order valence-corrected chi connectivity index (χ2v) is 9.50. The van der Waals surface area contributed by atoms with Crippen LogP contribution < -0.4 is 5.11 Å². The molecule has 0 saturated carbocycles. The first-order valence-corrected chi connectivity index (χ1v) is 13.6. The molecule has 0 spiro atoms. The maximum Gasteiger partial charge on any atom is 0.0786 e. The first-order chi connectivity index (χ1) is 14.6. The van der Waals surface area contributed by atoms with Gasteiger partial charge in [-0.3, -0.25) is 0 Å². The molecule has 0 amide bonds. The molecule has 3 heteroatoms. The Morgan fingerprint density at radius 1 is 0.500 bits per heavy atom. The van der Waals surface area contributed by atoms with Crippen LogP contribution in [0.5, 0.6) is 0 Å². The van der Waals surface area contributed by atoms with Crippen molar-refractivity contribution in [1.29, 1.82) is 0 Å². The lowest BCUT2D eigenvalue weighted by molar-refractivity contribution is -0.923. The van der Waals surface area contributed by atoms with Crippen LogP contribution in [-0.4, -0.2) is 36.6 Å². The topological polar surface area (TPSA) is 40.1 Å². The van der Waals surface area contributed by atoms with Gasteiger partial charge in [-0.1, -0.05) is 96.3 Å². The Hall–Kier alpha value is -0.570. The SMILES string of the molecule is CC[N+](CC)(CC)CCCCCCCCCCCCCCCCCCCCC(=O)[O-]. The van der Waals surface area contributed by atoms with Crippen molar-refractivity contribution in [3.63, 3.8) is 0 Å². The Labute approximate surface area is 189 Å². The summed E-state index contributed by atoms with van der Waals surface area (Å²) in [5, 5.41) is 10.3. The monoisotopic (exact) mass is 425 g/mol. The van der Waals surface area contributed by atoms with Crippen molar-refractivity contribution in [3.05, 3.63) is 0 Å². The van der Waals surface area contributed by atoms with Crippen molar-refractivity contribution in [2.24, 2.45) is 0 Å². The van der Waals surface area contributed by atoms with Gasteiger partial charge in [0.25, 0.3) is 0 Å². The van der Waals surface area contributed by atoms with E-state index in [1.165, 1.54) is 133 Å². The zero-order valence-corrected chi connectivity index (χ0v) is 21.0. The largest absolute Gasteiger partial charge is 0.550 e. The number of aliphatic carboxylic acids is 1. The molecule has 0 aliphatic rings. The van der Waals surface area contributed by atoms with E-state index in [1.807, 2.05) is 0 Å². The fourth-order valence-electron chi connectivity index (χ4n) is 4.69. The van der Waals surface area contributed by atoms with Gasteiger partial charge in [-0.05, 0) is 46.5 Å². The molecule has 0 atom stereocenters. The second-order valence-electron chi connectivity index (χ2n) is 9.50. The molecule has 0 heterocycles. The lowest BCUT2D eigenvalue weighted by Crippen LogP contribution is -2.48. The lowest BCUT2D eigenvalue weighted by atomic mass is 10.0. The Kier molecular flexibility index (Phi) is 21.2. The number of hydrogen-bond acceptors (Lipinski definition) is 2. The van der Waals surface area contributed by atoms with Gasteiger partial charge in [0, 0.05) is 5.97 Å². The van der Waals surface area contributed by atoms with Crippen LogP contribution >= 0.6 is 0 Å². The van der Waals surface area contributed by atoms with E-state index in [-0.39, 0.29) is 6.42 Å². The van der Waals surface area contributed by atoms with Crippen LogP contribution in [0.4, 0.5) is 0 Å². The molecule has 0 unspecified atom stereocenters. The molecule has 0 radical (unpaired) electrons. The summed E-state index contributed by atoms with van der Waals surface area (Å²) in [6.07, 6.45) is 24.3. The van der Waals surface area contributed by atoms with E-state index in [2.05, 4.69) is 20.8 Å². The highest BCUT2D eigenvalue weighted by Gasteiger charge is 2.19. The van der Waals surface area contributed by atoms with Crippen LogP contribution in [0.15, 0.2) is 0 Å². The summed E-state index contributed by atoms with van der Waals surface area (Å²) in [4.78, 5) is 10.3. The van der Waals surface area contributed by atoms with E-state index in [0.717, 1.165) is 12.8 Å². The molecular weight excluding hydrogens is 370 g/mol. The van der Waals surface area contributed by atoms with Gasteiger partial charge in [0.05, 0.1) is 26.2 Å². The third-order valence-corrected chi connectivity index (χ3v) is 7.28. The Bertz CT molecular complexity index is 358. The molecule has 0 rings (SSSR count). The molecule has 0 bridgehead atoms. The number of carbonyl (C=O) groups is 1. The van der Waals surface area contributed by atoms with E-state index < -0.39 is 5.97 Å². The highest BCUT2D eigenvalue weighted by Crippen LogP contribution is 2.15. The Morgan fingerprint density at radius 3 is 1.03 bits per heavy atom. The normalized spacial score (nSPS) is 11.8. The van der Waals surface area contributed by atoms with Crippen molar-refractivity contribution in [2.45, 2.75) is 143 Å². The molecule has 30 heavy (non-hydrogen) atoms. The first kappa shape index (κ1) is 29.4. The molecule has 0 saturated heterocycles. The van der Waals surface area contributed by atoms with Gasteiger partial charge < -0.3 is 14.4 Å². The molecule has 0 N–H and O–H groups in total. The van der Waals surface area contributed by atoms with E-state index in [9.17, 15) is 9.90 Å². The van der Waals surface area contributed by atoms with Gasteiger partial charge in [0.15, 0.2) is 0 Å². The third kappa shape index (κ3) is 18.2. The molecule has 0 fully saturated rings. The summed E-state index contributed by atoms with van der Waals surface area (Å²) < 4.78 is 1.31. The summed E-state index contributed by atoms with van der Waals surface area (Å²) in [7, 11) is 0. The average Bonchev–Trinajstić information content (AvgIpc) is 2.75. The number of quaternary nitrogens is 1. The number of unbranched alkanes of at least 4 members (excludes halogenated alkanes) is 17. The van der Waals surface area contributed by atoms with E-state index >= 15 is 0 Å². The maximum absolute atomic E-state index is 10.3. The minimum atomic E-state index is -0.901. The molecule has 0 aromatic rings. The van der Waals surface area contributed by atoms with Gasteiger partial charge in [0.2, 0.25) is 0 Å². The number of carboxylic acid groups (broad SMARTS) is 1. The fourth-order valence-corrected chi connectivity index (χ4v) is 4.69. The van der Waals surface area contributed by atoms with Crippen LogP contribution in [-0.2, 0) is 4.79 Å². The minimum Gasteiger partial charge on any atom is -0.550 e. The van der Waals surface area contributed by atoms with Crippen LogP contribution in [0.25, 0.3) is 0 Å². The quantitative estimate of drug-likeness (QED) is 0.123. The van der Waals surface area contributed by atoms with Crippen molar-refractivity contribution < 1.29 is 14.4 Å². The van der Waals surface area contributed by atoms with Crippen LogP contribution in [0, 0.1) is 0 Å². The van der Waals surface area contributed by atoms with E-state index in [4.69, 9.17) is 0 Å². The number of nitrogens with zero attached hydrogens (tertiary/aromatic N) is 1. The van der Waals surface area contributed by atoms with Crippen molar-refractivity contribution in [3.8, 4) is 0 Å². The van der Waals surface area contributed by atoms with Gasteiger partial charge in [-0.2, -0.15) is 0 Å². The molecule has 0 aromatic heterocycles. The molecule has 0 aromatic carbocycles. The summed E-state index contributed by atoms with van der Waals surface area (Å²) in [5.74, 6) is -0.901. The molecule has 180 valence electrons. The summed E-state index contributed by atoms with van der Waals surface area (Å²) in [6, 6.07) is 0. The summed E-state index contributed by atoms with van der Waals surface area (Å²) >= 11 is 0. The van der Waals surface area contributed by atoms with E-state index in [0.29, 0.717) is 0 Å². The molecular formula is C27H55NO2. The van der Waals surface area contributed by atoms with Crippen LogP contribution in [0.3, 0.4) is 0 Å². The lowest BCUT2D eigenvalue weighted by Gasteiger charge is -2.35. The summed E-state index contributed by atoms with van der Waals surface area (Å²) in [6.45, 7) is 12.3. The van der Waals surface area contributed by atoms with Gasteiger partial charge in [-0.25, -0.2) is 0 Å². The molecule has 0 aliphatic heterocycles. The predicted octanol–water partition coefficient (Wildman–Crippen LogP) is 7.02.